The molecule has 0 unspecified atom stereocenters. The highest BCUT2D eigenvalue weighted by molar-refractivity contribution is 6.13. The van der Waals surface area contributed by atoms with Crippen LogP contribution in [-0.2, 0) is 6.54 Å². The van der Waals surface area contributed by atoms with Crippen molar-refractivity contribution in [3.05, 3.63) is 93.9 Å². The predicted octanol–water partition coefficient (Wildman–Crippen LogP) is 4.35. The number of benzene rings is 2. The summed E-state index contributed by atoms with van der Waals surface area (Å²) in [6.07, 6.45) is 1.60. The van der Waals surface area contributed by atoms with Crippen molar-refractivity contribution in [3.63, 3.8) is 0 Å². The highest BCUT2D eigenvalue weighted by Gasteiger charge is 2.22. The van der Waals surface area contributed by atoms with Gasteiger partial charge in [-0.25, -0.2) is 4.39 Å². The Morgan fingerprint density at radius 2 is 1.93 bits per heavy atom. The molecule has 0 aliphatic rings. The zero-order valence-electron chi connectivity index (χ0n) is 16.4. The maximum absolute atomic E-state index is 13.2. The molecular formula is C23H19FN2O4. The third kappa shape index (κ3) is 3.69. The Bertz CT molecular complexity index is 1290. The van der Waals surface area contributed by atoms with Gasteiger partial charge in [0.05, 0.1) is 24.6 Å². The summed E-state index contributed by atoms with van der Waals surface area (Å²) in [6, 6.07) is 14.5. The third-order valence-corrected chi connectivity index (χ3v) is 4.81. The van der Waals surface area contributed by atoms with E-state index in [0.717, 1.165) is 5.56 Å². The third-order valence-electron chi connectivity index (χ3n) is 4.81. The van der Waals surface area contributed by atoms with Gasteiger partial charge < -0.3 is 19.0 Å². The highest BCUT2D eigenvalue weighted by atomic mass is 19.1. The van der Waals surface area contributed by atoms with E-state index < -0.39 is 5.91 Å². The maximum atomic E-state index is 13.2. The molecule has 7 heteroatoms. The van der Waals surface area contributed by atoms with Gasteiger partial charge in [-0.3, -0.25) is 9.59 Å². The van der Waals surface area contributed by atoms with Crippen LogP contribution in [0.5, 0.6) is 5.75 Å². The monoisotopic (exact) mass is 406 g/mol. The number of carbonyl (C=O) groups excluding carboxylic acids is 1. The van der Waals surface area contributed by atoms with Crippen LogP contribution in [0.3, 0.4) is 0 Å². The number of hydrogen-bond acceptors (Lipinski definition) is 4. The van der Waals surface area contributed by atoms with E-state index in [4.69, 9.17) is 9.15 Å². The number of furan rings is 1. The number of nitrogens with zero attached hydrogens (tertiary/aromatic N) is 1. The normalized spacial score (nSPS) is 10.9. The quantitative estimate of drug-likeness (QED) is 0.535. The number of carbonyl (C=O) groups is 1. The number of halogens is 1. The number of aryl methyl sites for hydroxylation is 1. The van der Waals surface area contributed by atoms with E-state index in [1.807, 2.05) is 0 Å². The van der Waals surface area contributed by atoms with E-state index in [1.165, 1.54) is 23.8 Å². The smallest absolute Gasteiger partial charge is 0.262 e. The van der Waals surface area contributed by atoms with Gasteiger partial charge in [0.15, 0.2) is 0 Å². The molecule has 1 N–H and O–H groups in total. The number of pyridine rings is 1. The van der Waals surface area contributed by atoms with Gasteiger partial charge in [-0.2, -0.15) is 0 Å². The molecule has 4 rings (SSSR count). The number of amides is 1. The number of fused-ring (bicyclic) bond motifs is 1. The van der Waals surface area contributed by atoms with Gasteiger partial charge in [0.1, 0.15) is 22.9 Å². The van der Waals surface area contributed by atoms with Crippen LogP contribution >= 0.6 is 0 Å². The SMILES string of the molecule is COc1cccc(NC(=O)c2c(C)oc3ccn(Cc4ccc(F)cc4)c(=O)c23)c1. The van der Waals surface area contributed by atoms with Crippen molar-refractivity contribution in [3.8, 4) is 5.75 Å². The van der Waals surface area contributed by atoms with Crippen molar-refractivity contribution in [1.29, 1.82) is 0 Å². The zero-order chi connectivity index (χ0) is 21.3. The van der Waals surface area contributed by atoms with Gasteiger partial charge in [0, 0.05) is 18.0 Å². The summed E-state index contributed by atoms with van der Waals surface area (Å²) >= 11 is 0. The number of anilines is 1. The van der Waals surface area contributed by atoms with E-state index in [1.54, 1.807) is 55.6 Å². The molecule has 0 atom stereocenters. The molecule has 1 amide bonds. The van der Waals surface area contributed by atoms with Gasteiger partial charge >= 0.3 is 0 Å². The first kappa shape index (κ1) is 19.4. The summed E-state index contributed by atoms with van der Waals surface area (Å²) in [6.45, 7) is 1.89. The second-order valence-electron chi connectivity index (χ2n) is 6.83. The molecule has 0 aliphatic heterocycles. The van der Waals surface area contributed by atoms with E-state index in [0.29, 0.717) is 22.8 Å². The van der Waals surface area contributed by atoms with E-state index in [9.17, 15) is 14.0 Å². The Kier molecular flexibility index (Phi) is 5.10. The fraction of sp³-hybridized carbons (Fsp3) is 0.130. The number of methoxy groups -OCH3 is 1. The molecule has 0 radical (unpaired) electrons. The number of aromatic nitrogens is 1. The van der Waals surface area contributed by atoms with Crippen molar-refractivity contribution in [1.82, 2.24) is 4.57 Å². The molecule has 2 aromatic heterocycles. The molecule has 0 bridgehead atoms. The van der Waals surface area contributed by atoms with Crippen LogP contribution in [0.4, 0.5) is 10.1 Å². The first-order chi connectivity index (χ1) is 14.5. The van der Waals surface area contributed by atoms with Gasteiger partial charge in [-0.1, -0.05) is 18.2 Å². The Morgan fingerprint density at radius 3 is 2.67 bits per heavy atom. The summed E-state index contributed by atoms with van der Waals surface area (Å²) in [5, 5.41) is 2.99. The van der Waals surface area contributed by atoms with Gasteiger partial charge in [-0.05, 0) is 42.8 Å². The zero-order valence-corrected chi connectivity index (χ0v) is 16.4. The number of nitrogens with one attached hydrogen (secondary N) is 1. The van der Waals surface area contributed by atoms with E-state index in [-0.39, 0.29) is 28.9 Å². The fourth-order valence-corrected chi connectivity index (χ4v) is 3.34. The molecule has 0 spiro atoms. The second kappa shape index (κ2) is 7.87. The second-order valence-corrected chi connectivity index (χ2v) is 6.83. The molecule has 2 heterocycles. The van der Waals surface area contributed by atoms with Crippen molar-refractivity contribution >= 4 is 22.6 Å². The van der Waals surface area contributed by atoms with Crippen LogP contribution < -0.4 is 15.6 Å². The molecule has 0 fully saturated rings. The Morgan fingerprint density at radius 1 is 1.17 bits per heavy atom. The Labute approximate surface area is 171 Å². The molecule has 30 heavy (non-hydrogen) atoms. The highest BCUT2D eigenvalue weighted by Crippen LogP contribution is 2.25. The summed E-state index contributed by atoms with van der Waals surface area (Å²) < 4.78 is 25.4. The Balaban J connectivity index is 1.72. The van der Waals surface area contributed by atoms with Crippen molar-refractivity contribution in [2.75, 3.05) is 12.4 Å². The summed E-state index contributed by atoms with van der Waals surface area (Å²) in [5.74, 6) is 0.157. The maximum Gasteiger partial charge on any atom is 0.262 e. The van der Waals surface area contributed by atoms with Gasteiger partial charge in [0.25, 0.3) is 11.5 Å². The van der Waals surface area contributed by atoms with E-state index >= 15 is 0 Å². The van der Waals surface area contributed by atoms with E-state index in [2.05, 4.69) is 5.32 Å². The average molecular weight is 406 g/mol. The van der Waals surface area contributed by atoms with Crippen molar-refractivity contribution < 1.29 is 18.3 Å². The largest absolute Gasteiger partial charge is 0.497 e. The van der Waals surface area contributed by atoms with Crippen molar-refractivity contribution in [2.45, 2.75) is 13.5 Å². The lowest BCUT2D eigenvalue weighted by Crippen LogP contribution is -2.22. The first-order valence-electron chi connectivity index (χ1n) is 9.28. The van der Waals surface area contributed by atoms with Gasteiger partial charge in [0.2, 0.25) is 0 Å². The lowest BCUT2D eigenvalue weighted by atomic mass is 10.1. The standard InChI is InChI=1S/C23H19FN2O4/c1-14-20(22(27)25-17-4-3-5-18(12-17)29-2)21-19(30-14)10-11-26(23(21)28)13-15-6-8-16(24)9-7-15/h3-12H,13H2,1-2H3,(H,25,27). The van der Waals surface area contributed by atoms with Crippen LogP contribution in [0, 0.1) is 12.7 Å². The summed E-state index contributed by atoms with van der Waals surface area (Å²) in [7, 11) is 1.54. The molecule has 0 saturated heterocycles. The van der Waals surface area contributed by atoms with Crippen LogP contribution in [0.1, 0.15) is 21.7 Å². The minimum atomic E-state index is -0.448. The van der Waals surface area contributed by atoms with Crippen molar-refractivity contribution in [2.24, 2.45) is 0 Å². The first-order valence-corrected chi connectivity index (χ1v) is 9.28. The van der Waals surface area contributed by atoms with Crippen LogP contribution in [0.15, 0.2) is 70.0 Å². The minimum absolute atomic E-state index is 0.186. The summed E-state index contributed by atoms with van der Waals surface area (Å²) in [5.41, 5.74) is 1.47. The molecule has 152 valence electrons. The molecule has 6 nitrogen and oxygen atoms in total. The van der Waals surface area contributed by atoms with Crippen LogP contribution in [0.25, 0.3) is 11.0 Å². The molecule has 4 aromatic rings. The number of hydrogen-bond donors (Lipinski definition) is 1. The Hall–Kier alpha value is -3.87. The number of rotatable bonds is 5. The predicted molar refractivity (Wildman–Crippen MR) is 112 cm³/mol. The van der Waals surface area contributed by atoms with Crippen LogP contribution in [0.2, 0.25) is 0 Å². The van der Waals surface area contributed by atoms with Gasteiger partial charge in [-0.15, -0.1) is 0 Å². The molecule has 0 aliphatic carbocycles. The molecule has 0 saturated carbocycles. The topological polar surface area (TPSA) is 73.5 Å². The lowest BCUT2D eigenvalue weighted by Gasteiger charge is -2.08. The molecular weight excluding hydrogens is 387 g/mol. The fourth-order valence-electron chi connectivity index (χ4n) is 3.34. The lowest BCUT2D eigenvalue weighted by molar-refractivity contribution is 0.102. The summed E-state index contributed by atoms with van der Waals surface area (Å²) in [4.78, 5) is 26.1. The number of ether oxygens (including phenoxy) is 1. The molecule has 2 aromatic carbocycles. The van der Waals surface area contributed by atoms with Crippen LogP contribution in [-0.4, -0.2) is 17.6 Å². The minimum Gasteiger partial charge on any atom is -0.497 e. The average Bonchev–Trinajstić information content (AvgIpc) is 3.08.